The van der Waals surface area contributed by atoms with E-state index in [1.165, 1.54) is 4.31 Å². The van der Waals surface area contributed by atoms with E-state index < -0.39 is 16.3 Å². The summed E-state index contributed by atoms with van der Waals surface area (Å²) in [6.07, 6.45) is 1.24. The summed E-state index contributed by atoms with van der Waals surface area (Å²) >= 11 is 0. The van der Waals surface area contributed by atoms with Gasteiger partial charge in [-0.15, -0.1) is 0 Å². The number of hydrogen-bond acceptors (Lipinski definition) is 4. The molecule has 0 bridgehead atoms. The monoisotopic (exact) mass is 326 g/mol. The van der Waals surface area contributed by atoms with Crippen LogP contribution in [0.25, 0.3) is 0 Å². The van der Waals surface area contributed by atoms with Crippen LogP contribution < -0.4 is 9.46 Å². The average molecular weight is 326 g/mol. The van der Waals surface area contributed by atoms with Gasteiger partial charge in [-0.1, -0.05) is 6.92 Å². The molecule has 6 nitrogen and oxygen atoms in total. The largest absolute Gasteiger partial charge is 0.496 e. The van der Waals surface area contributed by atoms with Crippen LogP contribution in [0.5, 0.6) is 5.75 Å². The second-order valence-corrected chi connectivity index (χ2v) is 7.03. The molecule has 1 heterocycles. The van der Waals surface area contributed by atoms with Gasteiger partial charge in [-0.3, -0.25) is 4.79 Å². The first kappa shape index (κ1) is 16.9. The van der Waals surface area contributed by atoms with Gasteiger partial charge in [0.2, 0.25) is 0 Å². The summed E-state index contributed by atoms with van der Waals surface area (Å²) in [6.45, 7) is 4.26. The molecule has 22 heavy (non-hydrogen) atoms. The maximum atomic E-state index is 12.7. The van der Waals surface area contributed by atoms with Gasteiger partial charge in [-0.25, -0.2) is 4.72 Å². The van der Waals surface area contributed by atoms with E-state index in [0.717, 1.165) is 5.56 Å². The maximum Gasteiger partial charge on any atom is 0.280 e. The van der Waals surface area contributed by atoms with Crippen molar-refractivity contribution in [1.82, 2.24) is 9.03 Å². The Morgan fingerprint density at radius 2 is 2.18 bits per heavy atom. The van der Waals surface area contributed by atoms with Gasteiger partial charge in [0.15, 0.2) is 5.78 Å². The van der Waals surface area contributed by atoms with Crippen LogP contribution in [0.1, 0.15) is 35.7 Å². The lowest BCUT2D eigenvalue weighted by molar-refractivity contribution is 0.0917. The van der Waals surface area contributed by atoms with E-state index >= 15 is 0 Å². The van der Waals surface area contributed by atoms with E-state index in [4.69, 9.17) is 4.74 Å². The number of ether oxygens (including phenoxy) is 1. The smallest absolute Gasteiger partial charge is 0.280 e. The molecule has 0 aliphatic carbocycles. The third-order valence-corrected chi connectivity index (χ3v) is 5.53. The number of nitrogens with zero attached hydrogens (tertiary/aromatic N) is 1. The topological polar surface area (TPSA) is 75.7 Å². The normalized spacial score (nSPS) is 19.3. The summed E-state index contributed by atoms with van der Waals surface area (Å²) in [4.78, 5) is 12.7. The van der Waals surface area contributed by atoms with Crippen molar-refractivity contribution >= 4 is 16.0 Å². The zero-order valence-electron chi connectivity index (χ0n) is 13.1. The first-order chi connectivity index (χ1) is 10.4. The fourth-order valence-electron chi connectivity index (χ4n) is 2.78. The van der Waals surface area contributed by atoms with E-state index in [1.807, 2.05) is 6.92 Å². The fraction of sp³-hybridized carbons (Fsp3) is 0.533. The number of nitrogens with one attached hydrogen (secondary N) is 1. The molecule has 0 amide bonds. The highest BCUT2D eigenvalue weighted by Crippen LogP contribution is 2.26. The van der Waals surface area contributed by atoms with Crippen LogP contribution >= 0.6 is 0 Å². The van der Waals surface area contributed by atoms with Gasteiger partial charge >= 0.3 is 0 Å². The zero-order valence-corrected chi connectivity index (χ0v) is 13.9. The summed E-state index contributed by atoms with van der Waals surface area (Å²) in [5.41, 5.74) is 1.37. The molecule has 0 spiro atoms. The van der Waals surface area contributed by atoms with Gasteiger partial charge in [-0.05, 0) is 43.5 Å². The molecule has 7 heteroatoms. The number of carbonyl (C=O) groups excluding carboxylic acids is 1. The molecule has 1 unspecified atom stereocenters. The molecule has 0 saturated carbocycles. The first-order valence-corrected chi connectivity index (χ1v) is 8.80. The van der Waals surface area contributed by atoms with Crippen molar-refractivity contribution in [2.45, 2.75) is 32.7 Å². The third-order valence-electron chi connectivity index (χ3n) is 3.82. The lowest BCUT2D eigenvalue weighted by Gasteiger charge is -2.23. The predicted octanol–water partition coefficient (Wildman–Crippen LogP) is 1.51. The Hall–Kier alpha value is -1.44. The third kappa shape index (κ3) is 3.31. The Labute approximate surface area is 131 Å². The van der Waals surface area contributed by atoms with E-state index in [-0.39, 0.29) is 5.78 Å². The minimum Gasteiger partial charge on any atom is -0.496 e. The van der Waals surface area contributed by atoms with Crippen LogP contribution in [0.4, 0.5) is 0 Å². The minimum atomic E-state index is -3.60. The van der Waals surface area contributed by atoms with Crippen molar-refractivity contribution in [2.75, 3.05) is 20.2 Å². The van der Waals surface area contributed by atoms with E-state index in [0.29, 0.717) is 37.2 Å². The van der Waals surface area contributed by atoms with Crippen molar-refractivity contribution in [3.05, 3.63) is 29.3 Å². The van der Waals surface area contributed by atoms with Gasteiger partial charge < -0.3 is 4.74 Å². The molecule has 1 atom stereocenters. The zero-order chi connectivity index (χ0) is 16.3. The van der Waals surface area contributed by atoms with Crippen LogP contribution in [0, 0.1) is 6.92 Å². The number of ketones is 1. The molecule has 1 fully saturated rings. The Kier molecular flexibility index (Phi) is 5.20. The van der Waals surface area contributed by atoms with Crippen molar-refractivity contribution in [1.29, 1.82) is 0 Å². The summed E-state index contributed by atoms with van der Waals surface area (Å²) < 4.78 is 33.3. The Morgan fingerprint density at radius 1 is 1.45 bits per heavy atom. The summed E-state index contributed by atoms with van der Waals surface area (Å²) in [6, 6.07) is 4.54. The second kappa shape index (κ2) is 6.76. The number of aryl methyl sites for hydroxylation is 1. The average Bonchev–Trinajstić information content (AvgIpc) is 2.96. The van der Waals surface area contributed by atoms with Crippen LogP contribution in [0.15, 0.2) is 18.2 Å². The molecule has 1 N–H and O–H groups in total. The van der Waals surface area contributed by atoms with Gasteiger partial charge in [0.25, 0.3) is 10.2 Å². The first-order valence-electron chi connectivity index (χ1n) is 7.36. The number of methoxy groups -OCH3 is 1. The molecule has 1 aliphatic rings. The van der Waals surface area contributed by atoms with Gasteiger partial charge in [0.1, 0.15) is 5.75 Å². The number of benzene rings is 1. The molecule has 0 radical (unpaired) electrons. The van der Waals surface area contributed by atoms with Crippen LogP contribution in [0.3, 0.4) is 0 Å². The van der Waals surface area contributed by atoms with Crippen molar-refractivity contribution in [3.63, 3.8) is 0 Å². The Morgan fingerprint density at radius 3 is 2.77 bits per heavy atom. The molecule has 1 aromatic rings. The summed E-state index contributed by atoms with van der Waals surface area (Å²) in [5.74, 6) is 0.546. The fourth-order valence-corrected chi connectivity index (χ4v) is 4.22. The molecular formula is C15H22N2O4S. The standard InChI is InChI=1S/C15H22N2O4S/c1-4-16-22(19,20)17-9-5-6-13(17)15(18)12-7-8-14(21-3)11(2)10-12/h7-8,10,13,16H,4-6,9H2,1-3H3. The molecular weight excluding hydrogens is 304 g/mol. The SMILES string of the molecule is CCNS(=O)(=O)N1CCCC1C(=O)c1ccc(OC)c(C)c1. The lowest BCUT2D eigenvalue weighted by Crippen LogP contribution is -2.46. The van der Waals surface area contributed by atoms with Gasteiger partial charge in [-0.2, -0.15) is 12.7 Å². The van der Waals surface area contributed by atoms with Crippen LogP contribution in [0.2, 0.25) is 0 Å². The van der Waals surface area contributed by atoms with E-state index in [1.54, 1.807) is 32.2 Å². The molecule has 2 rings (SSSR count). The quantitative estimate of drug-likeness (QED) is 0.804. The Balaban J connectivity index is 2.26. The number of Topliss-reactive ketones (excluding diaryl/α,β-unsaturated/α-hetero) is 1. The maximum absolute atomic E-state index is 12.7. The van der Waals surface area contributed by atoms with Crippen molar-refractivity contribution < 1.29 is 17.9 Å². The highest BCUT2D eigenvalue weighted by Gasteiger charge is 2.38. The van der Waals surface area contributed by atoms with Crippen LogP contribution in [-0.4, -0.2) is 44.7 Å². The summed E-state index contributed by atoms with van der Waals surface area (Å²) in [7, 11) is -2.02. The molecule has 1 saturated heterocycles. The highest BCUT2D eigenvalue weighted by molar-refractivity contribution is 7.87. The Bertz CT molecular complexity index is 658. The number of carbonyl (C=O) groups is 1. The number of hydrogen-bond donors (Lipinski definition) is 1. The lowest BCUT2D eigenvalue weighted by atomic mass is 10.0. The molecule has 122 valence electrons. The van der Waals surface area contributed by atoms with E-state index in [2.05, 4.69) is 4.72 Å². The summed E-state index contributed by atoms with van der Waals surface area (Å²) in [5, 5.41) is 0. The number of rotatable bonds is 6. The highest BCUT2D eigenvalue weighted by atomic mass is 32.2. The van der Waals surface area contributed by atoms with Crippen LogP contribution in [-0.2, 0) is 10.2 Å². The molecule has 0 aromatic heterocycles. The predicted molar refractivity (Wildman–Crippen MR) is 84.4 cm³/mol. The van der Waals surface area contributed by atoms with Crippen molar-refractivity contribution in [3.8, 4) is 5.75 Å². The van der Waals surface area contributed by atoms with Gasteiger partial charge in [0, 0.05) is 18.7 Å². The molecule has 1 aromatic carbocycles. The molecule has 1 aliphatic heterocycles. The van der Waals surface area contributed by atoms with Gasteiger partial charge in [0.05, 0.1) is 13.2 Å². The minimum absolute atomic E-state index is 0.162. The second-order valence-electron chi connectivity index (χ2n) is 5.32. The van der Waals surface area contributed by atoms with Crippen molar-refractivity contribution in [2.24, 2.45) is 0 Å². The van der Waals surface area contributed by atoms with E-state index in [9.17, 15) is 13.2 Å².